The molecule has 0 saturated carbocycles. The highest BCUT2D eigenvalue weighted by Gasteiger charge is 2.39. The number of hydrogen-bond donors (Lipinski definition) is 1. The van der Waals surface area contributed by atoms with Crippen LogP contribution >= 0.6 is 0 Å². The van der Waals surface area contributed by atoms with E-state index in [0.29, 0.717) is 22.7 Å². The lowest BCUT2D eigenvalue weighted by Gasteiger charge is -2.16. The summed E-state index contributed by atoms with van der Waals surface area (Å²) in [5.41, 5.74) is 1.71. The predicted molar refractivity (Wildman–Crippen MR) is 118 cm³/mol. The van der Waals surface area contributed by atoms with Crippen molar-refractivity contribution >= 4 is 23.1 Å². The van der Waals surface area contributed by atoms with Gasteiger partial charge in [-0.2, -0.15) is 0 Å². The number of carbonyl (C=O) groups is 2. The normalized spacial score (nSPS) is 13.5. The summed E-state index contributed by atoms with van der Waals surface area (Å²) in [6.07, 6.45) is 0. The Morgan fingerprint density at radius 2 is 1.56 bits per heavy atom. The zero-order valence-corrected chi connectivity index (χ0v) is 17.6. The van der Waals surface area contributed by atoms with Crippen LogP contribution in [0.5, 0.6) is 11.5 Å². The summed E-state index contributed by atoms with van der Waals surface area (Å²) in [6, 6.07) is 19.9. The third-order valence-corrected chi connectivity index (χ3v) is 5.17. The van der Waals surface area contributed by atoms with Gasteiger partial charge in [0.15, 0.2) is 0 Å². The number of nitrogens with zero attached hydrogens (tertiary/aromatic N) is 1. The van der Waals surface area contributed by atoms with Crippen LogP contribution in [-0.4, -0.2) is 30.9 Å². The number of nitrogens with one attached hydrogen (secondary N) is 1. The van der Waals surface area contributed by atoms with E-state index in [1.807, 2.05) is 0 Å². The van der Waals surface area contributed by atoms with E-state index >= 15 is 0 Å². The zero-order valence-electron chi connectivity index (χ0n) is 17.6. The maximum atomic E-state index is 14.2. The van der Waals surface area contributed by atoms with Gasteiger partial charge in [0.05, 0.1) is 26.3 Å². The fourth-order valence-corrected chi connectivity index (χ4v) is 3.50. The minimum Gasteiger partial charge on any atom is -0.497 e. The van der Waals surface area contributed by atoms with Crippen molar-refractivity contribution in [3.05, 3.63) is 95.4 Å². The average Bonchev–Trinajstić information content (AvgIpc) is 3.04. The molecule has 3 aromatic rings. The van der Waals surface area contributed by atoms with Crippen molar-refractivity contribution in [1.82, 2.24) is 4.90 Å². The Morgan fingerprint density at radius 3 is 2.25 bits per heavy atom. The second-order valence-electron chi connectivity index (χ2n) is 7.12. The summed E-state index contributed by atoms with van der Waals surface area (Å²) >= 11 is 0. The van der Waals surface area contributed by atoms with Crippen molar-refractivity contribution in [3.63, 3.8) is 0 Å². The molecule has 2 amide bonds. The van der Waals surface area contributed by atoms with E-state index in [9.17, 15) is 14.0 Å². The number of methoxy groups -OCH3 is 2. The molecule has 0 fully saturated rings. The molecule has 0 bridgehead atoms. The predicted octanol–water partition coefficient (Wildman–Crippen LogP) is 4.24. The van der Waals surface area contributed by atoms with E-state index in [0.717, 1.165) is 4.90 Å². The number of amides is 2. The summed E-state index contributed by atoms with van der Waals surface area (Å²) in [5, 5.41) is 3.07. The number of imide groups is 1. The highest BCUT2D eigenvalue weighted by atomic mass is 19.1. The Balaban J connectivity index is 1.75. The van der Waals surface area contributed by atoms with Crippen molar-refractivity contribution in [2.45, 2.75) is 6.54 Å². The second kappa shape index (κ2) is 8.93. The fourth-order valence-electron chi connectivity index (χ4n) is 3.50. The van der Waals surface area contributed by atoms with E-state index in [1.54, 1.807) is 80.9 Å². The van der Waals surface area contributed by atoms with Crippen LogP contribution in [0.4, 0.5) is 10.1 Å². The van der Waals surface area contributed by atoms with Gasteiger partial charge in [0, 0.05) is 17.3 Å². The lowest BCUT2D eigenvalue weighted by molar-refractivity contribution is -0.137. The second-order valence-corrected chi connectivity index (χ2v) is 7.12. The van der Waals surface area contributed by atoms with E-state index in [4.69, 9.17) is 9.47 Å². The van der Waals surface area contributed by atoms with E-state index < -0.39 is 17.6 Å². The Kier molecular flexibility index (Phi) is 5.89. The average molecular weight is 432 g/mol. The lowest BCUT2D eigenvalue weighted by atomic mass is 10.0. The molecule has 0 saturated heterocycles. The zero-order chi connectivity index (χ0) is 22.7. The maximum Gasteiger partial charge on any atom is 0.278 e. The molecule has 0 spiro atoms. The topological polar surface area (TPSA) is 67.9 Å². The molecule has 0 atom stereocenters. The molecule has 32 heavy (non-hydrogen) atoms. The van der Waals surface area contributed by atoms with E-state index in [1.165, 1.54) is 6.07 Å². The highest BCUT2D eigenvalue weighted by Crippen LogP contribution is 2.33. The van der Waals surface area contributed by atoms with Crippen LogP contribution in [0.15, 0.2) is 78.5 Å². The van der Waals surface area contributed by atoms with Crippen LogP contribution in [0.2, 0.25) is 0 Å². The van der Waals surface area contributed by atoms with Gasteiger partial charge in [-0.3, -0.25) is 14.5 Å². The molecule has 0 radical (unpaired) electrons. The Hall–Kier alpha value is -4.13. The molecular weight excluding hydrogens is 411 g/mol. The molecule has 0 unspecified atom stereocenters. The minimum atomic E-state index is -0.535. The number of ether oxygens (including phenoxy) is 2. The standard InChI is InChI=1S/C25H21FN2O4/c1-31-19-12-10-16(11-13-19)22-23(27-18-7-5-8-20(14-18)32-2)25(30)28(24(22)29)15-17-6-3-4-9-21(17)26/h3-14,27H,15H2,1-2H3. The van der Waals surface area contributed by atoms with Gasteiger partial charge in [0.25, 0.3) is 11.8 Å². The van der Waals surface area contributed by atoms with Crippen LogP contribution in [0.1, 0.15) is 11.1 Å². The molecule has 1 heterocycles. The summed E-state index contributed by atoms with van der Waals surface area (Å²) < 4.78 is 24.7. The highest BCUT2D eigenvalue weighted by molar-refractivity contribution is 6.36. The van der Waals surface area contributed by atoms with Crippen LogP contribution in [0.3, 0.4) is 0 Å². The van der Waals surface area contributed by atoms with Crippen LogP contribution in [0.25, 0.3) is 5.57 Å². The fraction of sp³-hybridized carbons (Fsp3) is 0.120. The molecule has 1 N–H and O–H groups in total. The third-order valence-electron chi connectivity index (χ3n) is 5.17. The Morgan fingerprint density at radius 1 is 0.844 bits per heavy atom. The smallest absolute Gasteiger partial charge is 0.278 e. The number of hydrogen-bond acceptors (Lipinski definition) is 5. The van der Waals surface area contributed by atoms with Gasteiger partial charge in [0.2, 0.25) is 0 Å². The molecule has 4 rings (SSSR count). The number of carbonyl (C=O) groups excluding carboxylic acids is 2. The summed E-state index contributed by atoms with van der Waals surface area (Å²) in [4.78, 5) is 27.7. The maximum absolute atomic E-state index is 14.2. The Bertz CT molecular complexity index is 1200. The molecular formula is C25H21FN2O4. The molecule has 1 aliphatic heterocycles. The first kappa shape index (κ1) is 21.1. The van der Waals surface area contributed by atoms with Crippen molar-refractivity contribution < 1.29 is 23.5 Å². The van der Waals surface area contributed by atoms with Crippen LogP contribution < -0.4 is 14.8 Å². The van der Waals surface area contributed by atoms with Gasteiger partial charge in [0.1, 0.15) is 23.0 Å². The molecule has 1 aliphatic rings. The first-order valence-corrected chi connectivity index (χ1v) is 9.91. The van der Waals surface area contributed by atoms with Crippen molar-refractivity contribution in [2.75, 3.05) is 19.5 Å². The number of benzene rings is 3. The number of anilines is 1. The minimum absolute atomic E-state index is 0.116. The van der Waals surface area contributed by atoms with Gasteiger partial charge in [-0.1, -0.05) is 36.4 Å². The lowest BCUT2D eigenvalue weighted by Crippen LogP contribution is -2.32. The van der Waals surface area contributed by atoms with Crippen LogP contribution in [0, 0.1) is 5.82 Å². The quantitative estimate of drug-likeness (QED) is 0.566. The summed E-state index contributed by atoms with van der Waals surface area (Å²) in [5.74, 6) is -0.299. The number of halogens is 1. The van der Waals surface area contributed by atoms with E-state index in [2.05, 4.69) is 5.32 Å². The van der Waals surface area contributed by atoms with Crippen molar-refractivity contribution in [2.24, 2.45) is 0 Å². The van der Waals surface area contributed by atoms with Crippen molar-refractivity contribution in [3.8, 4) is 11.5 Å². The van der Waals surface area contributed by atoms with Gasteiger partial charge in [-0.05, 0) is 35.9 Å². The molecule has 0 aliphatic carbocycles. The molecule has 6 nitrogen and oxygen atoms in total. The van der Waals surface area contributed by atoms with E-state index in [-0.39, 0.29) is 23.4 Å². The molecule has 3 aromatic carbocycles. The SMILES string of the molecule is COc1ccc(C2=C(Nc3cccc(OC)c3)C(=O)N(Cc3ccccc3F)C2=O)cc1. The number of rotatable bonds is 7. The first-order chi connectivity index (χ1) is 15.5. The summed E-state index contributed by atoms with van der Waals surface area (Å²) in [6.45, 7) is -0.173. The van der Waals surface area contributed by atoms with Gasteiger partial charge < -0.3 is 14.8 Å². The van der Waals surface area contributed by atoms with Gasteiger partial charge >= 0.3 is 0 Å². The third kappa shape index (κ3) is 4.05. The molecule has 0 aromatic heterocycles. The van der Waals surface area contributed by atoms with Crippen LogP contribution in [-0.2, 0) is 16.1 Å². The van der Waals surface area contributed by atoms with Crippen molar-refractivity contribution in [1.29, 1.82) is 0 Å². The molecule has 162 valence electrons. The monoisotopic (exact) mass is 432 g/mol. The first-order valence-electron chi connectivity index (χ1n) is 9.91. The molecule has 7 heteroatoms. The van der Waals surface area contributed by atoms with Gasteiger partial charge in [-0.15, -0.1) is 0 Å². The largest absolute Gasteiger partial charge is 0.497 e. The summed E-state index contributed by atoms with van der Waals surface area (Å²) in [7, 11) is 3.09. The Labute approximate surface area is 184 Å². The van der Waals surface area contributed by atoms with Gasteiger partial charge in [-0.25, -0.2) is 4.39 Å².